The van der Waals surface area contributed by atoms with E-state index in [1.165, 1.54) is 0 Å². The number of carboxylic acids is 1. The lowest BCUT2D eigenvalue weighted by Crippen LogP contribution is -2.43. The van der Waals surface area contributed by atoms with Gasteiger partial charge in [-0.1, -0.05) is 0 Å². The summed E-state index contributed by atoms with van der Waals surface area (Å²) in [5.74, 6) is -2.17. The molecule has 1 aliphatic rings. The van der Waals surface area contributed by atoms with E-state index in [0.717, 1.165) is 7.11 Å². The molecular formula is C8H13NO6S. The predicted octanol–water partition coefficient (Wildman–Crippen LogP) is -0.915. The van der Waals surface area contributed by atoms with Gasteiger partial charge in [0.1, 0.15) is 6.04 Å². The van der Waals surface area contributed by atoms with Gasteiger partial charge < -0.3 is 9.84 Å². The van der Waals surface area contributed by atoms with E-state index < -0.39 is 39.7 Å². The molecule has 1 saturated carbocycles. The molecular weight excluding hydrogens is 238 g/mol. The van der Waals surface area contributed by atoms with E-state index >= 15 is 0 Å². The zero-order chi connectivity index (χ0) is 12.3. The van der Waals surface area contributed by atoms with Gasteiger partial charge in [0.15, 0.2) is 0 Å². The van der Waals surface area contributed by atoms with Crippen LogP contribution in [0.25, 0.3) is 0 Å². The maximum atomic E-state index is 11.5. The van der Waals surface area contributed by atoms with Crippen molar-refractivity contribution in [2.24, 2.45) is 0 Å². The highest BCUT2D eigenvalue weighted by molar-refractivity contribution is 7.90. The third-order valence-electron chi connectivity index (χ3n) is 2.17. The van der Waals surface area contributed by atoms with Crippen molar-refractivity contribution in [2.75, 3.05) is 7.11 Å². The van der Waals surface area contributed by atoms with Gasteiger partial charge in [0, 0.05) is 0 Å². The van der Waals surface area contributed by atoms with Crippen LogP contribution in [0, 0.1) is 0 Å². The summed E-state index contributed by atoms with van der Waals surface area (Å²) in [6.45, 7) is 0. The molecule has 0 aromatic heterocycles. The van der Waals surface area contributed by atoms with Crippen LogP contribution in [0.3, 0.4) is 0 Å². The molecule has 0 bridgehead atoms. The van der Waals surface area contributed by atoms with Crippen LogP contribution in [-0.2, 0) is 24.3 Å². The Hall–Kier alpha value is -1.15. The highest BCUT2D eigenvalue weighted by Crippen LogP contribution is 2.27. The number of carbonyl (C=O) groups excluding carboxylic acids is 1. The van der Waals surface area contributed by atoms with Crippen LogP contribution in [-0.4, -0.2) is 43.9 Å². The topological polar surface area (TPSA) is 110 Å². The Kier molecular flexibility index (Phi) is 3.87. The van der Waals surface area contributed by atoms with Crippen molar-refractivity contribution >= 4 is 22.0 Å². The zero-order valence-electron chi connectivity index (χ0n) is 8.67. The Morgan fingerprint density at radius 3 is 2.44 bits per heavy atom. The van der Waals surface area contributed by atoms with Gasteiger partial charge in [-0.05, 0) is 12.8 Å². The normalized spacial score (nSPS) is 17.8. The van der Waals surface area contributed by atoms with E-state index in [0.29, 0.717) is 12.8 Å². The number of aliphatic carboxylic acids is 1. The molecule has 1 fully saturated rings. The molecule has 0 amide bonds. The van der Waals surface area contributed by atoms with E-state index in [4.69, 9.17) is 5.11 Å². The molecule has 0 aromatic carbocycles. The van der Waals surface area contributed by atoms with E-state index in [1.807, 2.05) is 4.72 Å². The van der Waals surface area contributed by atoms with E-state index in [-0.39, 0.29) is 0 Å². The fourth-order valence-electron chi connectivity index (χ4n) is 1.10. The number of carboxylic acid groups (broad SMARTS) is 1. The summed E-state index contributed by atoms with van der Waals surface area (Å²) in [4.78, 5) is 21.6. The fourth-order valence-corrected chi connectivity index (χ4v) is 2.63. The quantitative estimate of drug-likeness (QED) is 0.591. The summed E-state index contributed by atoms with van der Waals surface area (Å²) in [6, 6.07) is -1.46. The van der Waals surface area contributed by atoms with Crippen molar-refractivity contribution < 1.29 is 27.9 Å². The van der Waals surface area contributed by atoms with Crippen LogP contribution in [0.4, 0.5) is 0 Å². The predicted molar refractivity (Wildman–Crippen MR) is 53.1 cm³/mol. The number of hydrogen-bond donors (Lipinski definition) is 2. The standard InChI is InChI=1S/C8H13NO6S/c1-15-7(10)4-6(8(11)12)9-16(13,14)5-2-3-5/h5-6,9H,2-4H2,1H3,(H,11,12)/t6-/m0/s1. The number of methoxy groups -OCH3 is 1. The lowest BCUT2D eigenvalue weighted by Gasteiger charge is -2.12. The summed E-state index contributed by atoms with van der Waals surface area (Å²) in [7, 11) is -2.52. The molecule has 0 radical (unpaired) electrons. The first-order valence-electron chi connectivity index (χ1n) is 4.67. The number of nitrogens with one attached hydrogen (secondary N) is 1. The van der Waals surface area contributed by atoms with Gasteiger partial charge in [0.25, 0.3) is 0 Å². The zero-order valence-corrected chi connectivity index (χ0v) is 9.49. The maximum Gasteiger partial charge on any atom is 0.322 e. The highest BCUT2D eigenvalue weighted by Gasteiger charge is 2.38. The number of sulfonamides is 1. The molecule has 92 valence electrons. The molecule has 2 N–H and O–H groups in total. The Labute approximate surface area is 92.8 Å². The van der Waals surface area contributed by atoms with Gasteiger partial charge in [-0.25, -0.2) is 13.1 Å². The van der Waals surface area contributed by atoms with Crippen LogP contribution in [0.1, 0.15) is 19.3 Å². The monoisotopic (exact) mass is 251 g/mol. The van der Waals surface area contributed by atoms with Crippen LogP contribution in [0.5, 0.6) is 0 Å². The average Bonchev–Trinajstić information content (AvgIpc) is 2.99. The van der Waals surface area contributed by atoms with Crippen molar-refractivity contribution in [2.45, 2.75) is 30.6 Å². The maximum absolute atomic E-state index is 11.5. The van der Waals surface area contributed by atoms with Crippen LogP contribution in [0.15, 0.2) is 0 Å². The second kappa shape index (κ2) is 4.79. The van der Waals surface area contributed by atoms with Crippen molar-refractivity contribution in [1.29, 1.82) is 0 Å². The van der Waals surface area contributed by atoms with E-state index in [2.05, 4.69) is 4.74 Å². The summed E-state index contributed by atoms with van der Waals surface area (Å²) in [5, 5.41) is 8.23. The molecule has 1 rings (SSSR count). The molecule has 16 heavy (non-hydrogen) atoms. The highest BCUT2D eigenvalue weighted by atomic mass is 32.2. The summed E-state index contributed by atoms with van der Waals surface area (Å²) in [6.07, 6.45) is 0.539. The Bertz CT molecular complexity index is 385. The second-order valence-electron chi connectivity index (χ2n) is 3.53. The fraction of sp³-hybridized carbons (Fsp3) is 0.750. The lowest BCUT2D eigenvalue weighted by atomic mass is 10.2. The molecule has 0 aromatic rings. The molecule has 0 saturated heterocycles. The van der Waals surface area contributed by atoms with Crippen LogP contribution < -0.4 is 4.72 Å². The SMILES string of the molecule is COC(=O)C[C@H](NS(=O)(=O)C1CC1)C(=O)O. The van der Waals surface area contributed by atoms with Crippen molar-refractivity contribution in [3.63, 3.8) is 0 Å². The molecule has 0 spiro atoms. The van der Waals surface area contributed by atoms with Gasteiger partial charge in [-0.3, -0.25) is 9.59 Å². The van der Waals surface area contributed by atoms with Gasteiger partial charge >= 0.3 is 11.9 Å². The van der Waals surface area contributed by atoms with Gasteiger partial charge in [-0.15, -0.1) is 0 Å². The number of hydrogen-bond acceptors (Lipinski definition) is 5. The van der Waals surface area contributed by atoms with E-state index in [9.17, 15) is 18.0 Å². The van der Waals surface area contributed by atoms with Crippen molar-refractivity contribution in [3.05, 3.63) is 0 Å². The largest absolute Gasteiger partial charge is 0.480 e. The number of esters is 1. The van der Waals surface area contributed by atoms with Crippen molar-refractivity contribution in [3.8, 4) is 0 Å². The minimum absolute atomic E-state index is 0.516. The molecule has 0 aliphatic heterocycles. The van der Waals surface area contributed by atoms with Crippen LogP contribution >= 0.6 is 0 Å². The molecule has 0 heterocycles. The molecule has 8 heteroatoms. The Morgan fingerprint density at radius 2 is 2.06 bits per heavy atom. The number of ether oxygens (including phenoxy) is 1. The van der Waals surface area contributed by atoms with Gasteiger partial charge in [0.2, 0.25) is 10.0 Å². The lowest BCUT2D eigenvalue weighted by molar-refractivity contribution is -0.147. The average molecular weight is 251 g/mol. The minimum Gasteiger partial charge on any atom is -0.480 e. The molecule has 1 atom stereocenters. The summed E-state index contributed by atoms with van der Waals surface area (Å²) < 4.78 is 29.2. The van der Waals surface area contributed by atoms with Crippen LogP contribution in [0.2, 0.25) is 0 Å². The van der Waals surface area contributed by atoms with Gasteiger partial charge in [0.05, 0.1) is 18.8 Å². The minimum atomic E-state index is -3.62. The second-order valence-corrected chi connectivity index (χ2v) is 5.53. The number of carbonyl (C=O) groups is 2. The Morgan fingerprint density at radius 1 is 1.50 bits per heavy atom. The smallest absolute Gasteiger partial charge is 0.322 e. The first-order chi connectivity index (χ1) is 7.36. The molecule has 7 nitrogen and oxygen atoms in total. The molecule has 1 aliphatic carbocycles. The first-order valence-corrected chi connectivity index (χ1v) is 6.22. The Balaban J connectivity index is 2.64. The third-order valence-corrected chi connectivity index (χ3v) is 4.13. The summed E-state index contributed by atoms with van der Waals surface area (Å²) >= 11 is 0. The van der Waals surface area contributed by atoms with E-state index in [1.54, 1.807) is 0 Å². The molecule has 0 unspecified atom stereocenters. The number of rotatable bonds is 6. The third kappa shape index (κ3) is 3.46. The van der Waals surface area contributed by atoms with Gasteiger partial charge in [-0.2, -0.15) is 0 Å². The summed E-state index contributed by atoms with van der Waals surface area (Å²) in [5.41, 5.74) is 0. The first kappa shape index (κ1) is 12.9. The van der Waals surface area contributed by atoms with Crippen molar-refractivity contribution in [1.82, 2.24) is 4.72 Å².